The minimum atomic E-state index is -0.866. The molecule has 1 aromatic carbocycles. The molecule has 4 rings (SSSR count). The van der Waals surface area contributed by atoms with Gasteiger partial charge in [-0.25, -0.2) is 4.39 Å². The molecule has 170 valence electrons. The van der Waals surface area contributed by atoms with Crippen molar-refractivity contribution in [3.05, 3.63) is 64.3 Å². The molecule has 6 nitrogen and oxygen atoms in total. The molecule has 32 heavy (non-hydrogen) atoms. The average molecular weight is 457 g/mol. The number of carbonyl (C=O) groups excluding carboxylic acids is 1. The number of carbonyl (C=O) groups is 1. The third-order valence-electron chi connectivity index (χ3n) is 6.18. The van der Waals surface area contributed by atoms with Gasteiger partial charge in [-0.1, -0.05) is 32.0 Å². The van der Waals surface area contributed by atoms with Gasteiger partial charge in [0.2, 0.25) is 17.7 Å². The van der Waals surface area contributed by atoms with Gasteiger partial charge in [0.05, 0.1) is 5.69 Å². The molecular weight excluding hydrogens is 427 g/mol. The van der Waals surface area contributed by atoms with Crippen molar-refractivity contribution >= 4 is 22.9 Å². The fourth-order valence-electron chi connectivity index (χ4n) is 4.38. The molecule has 1 aliphatic heterocycles. The standard InChI is InChI=1S/C24H29FN4O2S/c1-3-21-26-27-23(31-21)24(29(22(30)4-2)20-10-6-5-9-19(20)25)12-15-28(16-13-24)14-11-18-8-7-17-32-18/h5-10,17H,3-4,11-16H2,1-2H3. The Morgan fingerprint density at radius 1 is 1.19 bits per heavy atom. The molecule has 0 unspecified atom stereocenters. The number of benzene rings is 1. The van der Waals surface area contributed by atoms with Crippen molar-refractivity contribution in [2.45, 2.75) is 51.5 Å². The van der Waals surface area contributed by atoms with Crippen molar-refractivity contribution in [1.29, 1.82) is 0 Å². The number of para-hydroxylation sites is 1. The highest BCUT2D eigenvalue weighted by Crippen LogP contribution is 2.42. The number of thiophene rings is 1. The highest BCUT2D eigenvalue weighted by molar-refractivity contribution is 7.09. The van der Waals surface area contributed by atoms with Crippen LogP contribution in [-0.4, -0.2) is 40.6 Å². The maximum Gasteiger partial charge on any atom is 0.242 e. The van der Waals surface area contributed by atoms with Gasteiger partial charge in [-0.3, -0.25) is 9.69 Å². The number of nitrogens with zero attached hydrogens (tertiary/aromatic N) is 4. The summed E-state index contributed by atoms with van der Waals surface area (Å²) in [6.45, 7) is 6.21. The first-order valence-electron chi connectivity index (χ1n) is 11.2. The molecule has 1 fully saturated rings. The Balaban J connectivity index is 1.67. The van der Waals surface area contributed by atoms with Crippen LogP contribution in [0.1, 0.15) is 49.8 Å². The molecular formula is C24H29FN4O2S. The van der Waals surface area contributed by atoms with Crippen molar-refractivity contribution in [3.8, 4) is 0 Å². The van der Waals surface area contributed by atoms with Crippen LogP contribution in [0.2, 0.25) is 0 Å². The summed E-state index contributed by atoms with van der Waals surface area (Å²) < 4.78 is 20.9. The largest absolute Gasteiger partial charge is 0.423 e. The van der Waals surface area contributed by atoms with Gasteiger partial charge in [-0.05, 0) is 42.8 Å². The molecule has 0 radical (unpaired) electrons. The van der Waals surface area contributed by atoms with E-state index >= 15 is 0 Å². The first kappa shape index (κ1) is 22.6. The Morgan fingerprint density at radius 2 is 1.97 bits per heavy atom. The van der Waals surface area contributed by atoms with Crippen LogP contribution in [0.4, 0.5) is 10.1 Å². The smallest absolute Gasteiger partial charge is 0.242 e. The van der Waals surface area contributed by atoms with Crippen LogP contribution in [0, 0.1) is 5.82 Å². The maximum absolute atomic E-state index is 14.9. The molecule has 0 spiro atoms. The number of anilines is 1. The van der Waals surface area contributed by atoms with E-state index in [0.717, 1.165) is 26.1 Å². The first-order chi connectivity index (χ1) is 15.6. The SMILES string of the molecule is CCC(=O)N(c1ccccc1F)C1(c2nnc(CC)o2)CCN(CCc2cccs2)CC1. The van der Waals surface area contributed by atoms with Crippen LogP contribution < -0.4 is 4.90 Å². The number of amides is 1. The fraction of sp³-hybridized carbons (Fsp3) is 0.458. The van der Waals surface area contributed by atoms with Gasteiger partial charge in [0.25, 0.3) is 0 Å². The van der Waals surface area contributed by atoms with E-state index < -0.39 is 11.4 Å². The van der Waals surface area contributed by atoms with E-state index in [1.54, 1.807) is 41.4 Å². The Kier molecular flexibility index (Phi) is 7.01. The van der Waals surface area contributed by atoms with Gasteiger partial charge >= 0.3 is 0 Å². The normalized spacial score (nSPS) is 16.2. The first-order valence-corrected chi connectivity index (χ1v) is 12.1. The Bertz CT molecular complexity index is 1030. The Labute approximate surface area is 192 Å². The number of aryl methyl sites for hydroxylation is 1. The van der Waals surface area contributed by atoms with Crippen LogP contribution in [0.15, 0.2) is 46.2 Å². The summed E-state index contributed by atoms with van der Waals surface area (Å²) in [6.07, 6.45) is 3.06. The molecule has 1 amide bonds. The topological polar surface area (TPSA) is 62.5 Å². The van der Waals surface area contributed by atoms with Gasteiger partial charge in [0.15, 0.2) is 0 Å². The van der Waals surface area contributed by atoms with Crippen LogP contribution in [0.5, 0.6) is 0 Å². The van der Waals surface area contributed by atoms with E-state index in [0.29, 0.717) is 31.0 Å². The van der Waals surface area contributed by atoms with Crippen LogP contribution in [-0.2, 0) is 23.2 Å². The van der Waals surface area contributed by atoms with Crippen molar-refractivity contribution in [2.24, 2.45) is 0 Å². The predicted octanol–water partition coefficient (Wildman–Crippen LogP) is 4.81. The fourth-order valence-corrected chi connectivity index (χ4v) is 5.08. The number of hydrogen-bond donors (Lipinski definition) is 0. The van der Waals surface area contributed by atoms with Crippen molar-refractivity contribution in [3.63, 3.8) is 0 Å². The number of halogens is 1. The molecule has 3 aromatic rings. The lowest BCUT2D eigenvalue weighted by Gasteiger charge is -2.46. The second-order valence-corrected chi connectivity index (χ2v) is 9.12. The van der Waals surface area contributed by atoms with Crippen molar-refractivity contribution in [2.75, 3.05) is 24.5 Å². The van der Waals surface area contributed by atoms with E-state index in [-0.39, 0.29) is 18.0 Å². The summed E-state index contributed by atoms with van der Waals surface area (Å²) >= 11 is 1.77. The van der Waals surface area contributed by atoms with Gasteiger partial charge in [0.1, 0.15) is 11.4 Å². The average Bonchev–Trinajstić information content (AvgIpc) is 3.52. The van der Waals surface area contributed by atoms with E-state index in [9.17, 15) is 9.18 Å². The molecule has 0 saturated carbocycles. The number of rotatable bonds is 8. The van der Waals surface area contributed by atoms with Crippen molar-refractivity contribution < 1.29 is 13.6 Å². The van der Waals surface area contributed by atoms with E-state index in [1.165, 1.54) is 10.9 Å². The third-order valence-corrected chi connectivity index (χ3v) is 7.11. The minimum Gasteiger partial charge on any atom is -0.423 e. The summed E-state index contributed by atoms with van der Waals surface area (Å²) in [5, 5.41) is 10.6. The number of hydrogen-bond acceptors (Lipinski definition) is 6. The number of likely N-dealkylation sites (tertiary alicyclic amines) is 1. The quantitative estimate of drug-likeness (QED) is 0.487. The van der Waals surface area contributed by atoms with E-state index in [2.05, 4.69) is 32.6 Å². The molecule has 2 aromatic heterocycles. The summed E-state index contributed by atoms with van der Waals surface area (Å²) in [7, 11) is 0. The van der Waals surface area contributed by atoms with Crippen LogP contribution in [0.25, 0.3) is 0 Å². The van der Waals surface area contributed by atoms with Gasteiger partial charge < -0.3 is 9.32 Å². The second kappa shape index (κ2) is 9.92. The Hall–Kier alpha value is -2.58. The lowest BCUT2D eigenvalue weighted by molar-refractivity contribution is -0.120. The van der Waals surface area contributed by atoms with Crippen molar-refractivity contribution in [1.82, 2.24) is 15.1 Å². The summed E-state index contributed by atoms with van der Waals surface area (Å²) in [4.78, 5) is 18.6. The molecule has 8 heteroatoms. The zero-order valence-corrected chi connectivity index (χ0v) is 19.4. The number of piperidine rings is 1. The number of aromatic nitrogens is 2. The molecule has 1 aliphatic rings. The highest BCUT2D eigenvalue weighted by Gasteiger charge is 2.49. The zero-order valence-electron chi connectivity index (χ0n) is 18.6. The summed E-state index contributed by atoms with van der Waals surface area (Å²) in [6, 6.07) is 10.7. The van der Waals surface area contributed by atoms with Gasteiger partial charge in [0, 0.05) is 37.4 Å². The zero-order chi connectivity index (χ0) is 22.6. The second-order valence-electron chi connectivity index (χ2n) is 8.09. The maximum atomic E-state index is 14.9. The molecule has 0 atom stereocenters. The Morgan fingerprint density at radius 3 is 2.59 bits per heavy atom. The van der Waals surface area contributed by atoms with Crippen LogP contribution >= 0.6 is 11.3 Å². The molecule has 0 aliphatic carbocycles. The monoisotopic (exact) mass is 456 g/mol. The van der Waals surface area contributed by atoms with Gasteiger partial charge in [-0.15, -0.1) is 21.5 Å². The van der Waals surface area contributed by atoms with Crippen LogP contribution in [0.3, 0.4) is 0 Å². The molecule has 0 bridgehead atoms. The lowest BCUT2D eigenvalue weighted by Crippen LogP contribution is -2.56. The predicted molar refractivity (Wildman–Crippen MR) is 123 cm³/mol. The molecule has 1 saturated heterocycles. The van der Waals surface area contributed by atoms with E-state index in [4.69, 9.17) is 4.42 Å². The third kappa shape index (κ3) is 4.47. The van der Waals surface area contributed by atoms with Gasteiger partial charge in [-0.2, -0.15) is 0 Å². The van der Waals surface area contributed by atoms with E-state index in [1.807, 2.05) is 6.92 Å². The summed E-state index contributed by atoms with van der Waals surface area (Å²) in [5.74, 6) is 0.344. The minimum absolute atomic E-state index is 0.154. The summed E-state index contributed by atoms with van der Waals surface area (Å²) in [5.41, 5.74) is -0.600. The lowest BCUT2D eigenvalue weighted by atomic mass is 9.84. The highest BCUT2D eigenvalue weighted by atomic mass is 32.1. The molecule has 3 heterocycles. The molecule has 0 N–H and O–H groups in total.